The lowest BCUT2D eigenvalue weighted by molar-refractivity contribution is -0.139. The lowest BCUT2D eigenvalue weighted by atomic mass is 9.43. The maximum absolute atomic E-state index is 12.2. The third-order valence-corrected chi connectivity index (χ3v) is 12.5. The van der Waals surface area contributed by atoms with Crippen LogP contribution < -0.4 is 0 Å². The summed E-state index contributed by atoms with van der Waals surface area (Å²) >= 11 is 0. The molecule has 5 aliphatic carbocycles. The molecule has 0 unspecified atom stereocenters. The number of hydrogen-bond acceptors (Lipinski definition) is 1. The second-order valence-corrected chi connectivity index (χ2v) is 13.4. The SMILES string of the molecule is C=C(CC[C@@H](C)[C@H]1CC[C@@]2(C)[C@@H]3CC[C@H]4CC(=O)CC[C@@]45C[C@@]35CC[C@]12C)C(C)C. The normalized spacial score (nSPS) is 50.3. The minimum absolute atomic E-state index is 0.516. The Labute approximate surface area is 185 Å². The summed E-state index contributed by atoms with van der Waals surface area (Å²) in [5, 5.41) is 0. The van der Waals surface area contributed by atoms with Gasteiger partial charge in [-0.15, -0.1) is 0 Å². The maximum atomic E-state index is 12.2. The number of fused-ring (bicyclic) bond motifs is 2. The van der Waals surface area contributed by atoms with Gasteiger partial charge in [-0.2, -0.15) is 0 Å². The lowest BCUT2D eigenvalue weighted by Gasteiger charge is -2.61. The zero-order chi connectivity index (χ0) is 21.5. The van der Waals surface area contributed by atoms with Crippen molar-refractivity contribution in [3.8, 4) is 0 Å². The summed E-state index contributed by atoms with van der Waals surface area (Å²) in [5.41, 5.74) is 3.68. The predicted octanol–water partition coefficient (Wildman–Crippen LogP) is 7.99. The first-order valence-corrected chi connectivity index (χ1v) is 13.3. The molecule has 1 heteroatoms. The van der Waals surface area contributed by atoms with Crippen molar-refractivity contribution in [3.05, 3.63) is 12.2 Å². The molecule has 0 bridgehead atoms. The monoisotopic (exact) mass is 410 g/mol. The molecule has 5 saturated carbocycles. The third-order valence-electron chi connectivity index (χ3n) is 12.5. The molecule has 0 saturated heterocycles. The van der Waals surface area contributed by atoms with Crippen LogP contribution in [0.15, 0.2) is 12.2 Å². The van der Waals surface area contributed by atoms with E-state index in [1.165, 1.54) is 69.8 Å². The molecule has 5 aliphatic rings. The van der Waals surface area contributed by atoms with Crippen molar-refractivity contribution < 1.29 is 4.79 Å². The molecule has 0 amide bonds. The minimum Gasteiger partial charge on any atom is -0.300 e. The summed E-state index contributed by atoms with van der Waals surface area (Å²) in [6.07, 6.45) is 15.6. The molecule has 8 atom stereocenters. The van der Waals surface area contributed by atoms with Crippen molar-refractivity contribution in [3.63, 3.8) is 0 Å². The molecule has 0 aromatic rings. The standard InChI is InChI=1S/C29H46O/c1-19(2)20(3)7-8-21(4)24-12-13-27(6)25-10-9-22-17-23(30)11-14-28(22)18-29(25,28)16-15-26(24,27)5/h19,21-22,24-25H,3,7-18H2,1-2,4-6H3/t21-,22+,24-,25+,26-,27+,28-,29+/m1/s1. The van der Waals surface area contributed by atoms with Gasteiger partial charge in [0, 0.05) is 12.8 Å². The highest BCUT2D eigenvalue weighted by molar-refractivity contribution is 5.80. The Morgan fingerprint density at radius 2 is 1.77 bits per heavy atom. The average Bonchev–Trinajstić information content (AvgIpc) is 3.28. The molecule has 5 rings (SSSR count). The number of rotatable bonds is 5. The van der Waals surface area contributed by atoms with Gasteiger partial charge in [0.2, 0.25) is 0 Å². The zero-order valence-electron chi connectivity index (χ0n) is 20.5. The Morgan fingerprint density at radius 1 is 1.00 bits per heavy atom. The summed E-state index contributed by atoms with van der Waals surface area (Å²) in [7, 11) is 0. The zero-order valence-corrected chi connectivity index (χ0v) is 20.5. The van der Waals surface area contributed by atoms with E-state index in [9.17, 15) is 4.79 Å². The molecular formula is C29H46O. The number of hydrogen-bond donors (Lipinski definition) is 0. The van der Waals surface area contributed by atoms with Crippen LogP contribution in [0.5, 0.6) is 0 Å². The summed E-state index contributed by atoms with van der Waals surface area (Å²) in [6.45, 7) is 16.9. The van der Waals surface area contributed by atoms with Crippen molar-refractivity contribution in [2.24, 2.45) is 51.2 Å². The second-order valence-electron chi connectivity index (χ2n) is 13.4. The molecule has 0 aromatic carbocycles. The van der Waals surface area contributed by atoms with E-state index in [4.69, 9.17) is 0 Å². The number of allylic oxidation sites excluding steroid dienone is 1. The molecule has 0 heterocycles. The van der Waals surface area contributed by atoms with Gasteiger partial charge < -0.3 is 0 Å². The molecule has 1 nitrogen and oxygen atoms in total. The fourth-order valence-electron chi connectivity index (χ4n) is 10.3. The number of Topliss-reactive ketones (excluding diaryl/α,β-unsaturated/α-hetero) is 1. The Morgan fingerprint density at radius 3 is 2.50 bits per heavy atom. The van der Waals surface area contributed by atoms with Gasteiger partial charge in [0.15, 0.2) is 0 Å². The van der Waals surface area contributed by atoms with Crippen LogP contribution in [-0.2, 0) is 4.79 Å². The smallest absolute Gasteiger partial charge is 0.133 e. The van der Waals surface area contributed by atoms with E-state index in [1.807, 2.05) is 0 Å². The second kappa shape index (κ2) is 6.71. The van der Waals surface area contributed by atoms with E-state index in [0.717, 1.165) is 36.5 Å². The molecule has 0 radical (unpaired) electrons. The van der Waals surface area contributed by atoms with Crippen LogP contribution in [0.4, 0.5) is 0 Å². The highest BCUT2D eigenvalue weighted by Crippen LogP contribution is 2.87. The van der Waals surface area contributed by atoms with Crippen LogP contribution in [0, 0.1) is 51.2 Å². The average molecular weight is 411 g/mol. The van der Waals surface area contributed by atoms with Gasteiger partial charge in [-0.3, -0.25) is 4.79 Å². The largest absolute Gasteiger partial charge is 0.300 e. The van der Waals surface area contributed by atoms with Gasteiger partial charge in [-0.1, -0.05) is 46.8 Å². The quantitative estimate of drug-likeness (QED) is 0.420. The molecule has 30 heavy (non-hydrogen) atoms. The summed E-state index contributed by atoms with van der Waals surface area (Å²) in [6, 6.07) is 0. The maximum Gasteiger partial charge on any atom is 0.133 e. The van der Waals surface area contributed by atoms with E-state index >= 15 is 0 Å². The van der Waals surface area contributed by atoms with Crippen LogP contribution in [0.2, 0.25) is 0 Å². The number of ketones is 1. The Balaban J connectivity index is 1.37. The molecule has 2 spiro atoms. The summed E-state index contributed by atoms with van der Waals surface area (Å²) in [4.78, 5) is 12.2. The van der Waals surface area contributed by atoms with E-state index in [1.54, 1.807) is 0 Å². The summed E-state index contributed by atoms with van der Waals surface area (Å²) in [5.74, 6) is 4.56. The first kappa shape index (κ1) is 21.3. The van der Waals surface area contributed by atoms with Crippen molar-refractivity contribution in [1.82, 2.24) is 0 Å². The van der Waals surface area contributed by atoms with Gasteiger partial charge >= 0.3 is 0 Å². The fraction of sp³-hybridized carbons (Fsp3) is 0.897. The van der Waals surface area contributed by atoms with Crippen LogP contribution in [-0.4, -0.2) is 5.78 Å². The van der Waals surface area contributed by atoms with Crippen LogP contribution in [0.1, 0.15) is 112 Å². The highest BCUT2D eigenvalue weighted by Gasteiger charge is 2.80. The third kappa shape index (κ3) is 2.56. The van der Waals surface area contributed by atoms with Crippen LogP contribution in [0.3, 0.4) is 0 Å². The molecule has 168 valence electrons. The molecule has 5 fully saturated rings. The van der Waals surface area contributed by atoms with Crippen molar-refractivity contribution in [1.29, 1.82) is 0 Å². The molecular weight excluding hydrogens is 364 g/mol. The van der Waals surface area contributed by atoms with Gasteiger partial charge in [-0.25, -0.2) is 0 Å². The lowest BCUT2D eigenvalue weighted by Crippen LogP contribution is -2.54. The number of carbonyl (C=O) groups is 1. The van der Waals surface area contributed by atoms with Gasteiger partial charge in [0.25, 0.3) is 0 Å². The topological polar surface area (TPSA) is 17.1 Å². The van der Waals surface area contributed by atoms with E-state index in [0.29, 0.717) is 33.4 Å². The molecule has 0 aliphatic heterocycles. The molecule has 0 N–H and O–H groups in total. The van der Waals surface area contributed by atoms with Gasteiger partial charge in [0.1, 0.15) is 5.78 Å². The minimum atomic E-state index is 0.516. The van der Waals surface area contributed by atoms with Crippen LogP contribution >= 0.6 is 0 Å². The highest BCUT2D eigenvalue weighted by atomic mass is 16.1. The fourth-order valence-corrected chi connectivity index (χ4v) is 10.3. The predicted molar refractivity (Wildman–Crippen MR) is 125 cm³/mol. The van der Waals surface area contributed by atoms with Crippen molar-refractivity contribution >= 4 is 5.78 Å². The Hall–Kier alpha value is -0.590. The van der Waals surface area contributed by atoms with Crippen LogP contribution in [0.25, 0.3) is 0 Å². The first-order valence-electron chi connectivity index (χ1n) is 13.3. The summed E-state index contributed by atoms with van der Waals surface area (Å²) < 4.78 is 0. The van der Waals surface area contributed by atoms with E-state index < -0.39 is 0 Å². The van der Waals surface area contributed by atoms with Crippen molar-refractivity contribution in [2.45, 2.75) is 112 Å². The van der Waals surface area contributed by atoms with E-state index in [-0.39, 0.29) is 0 Å². The Bertz CT molecular complexity index is 749. The van der Waals surface area contributed by atoms with Gasteiger partial charge in [-0.05, 0) is 115 Å². The Kier molecular flexibility index (Phi) is 4.75. The van der Waals surface area contributed by atoms with E-state index in [2.05, 4.69) is 41.2 Å². The van der Waals surface area contributed by atoms with Gasteiger partial charge in [0.05, 0.1) is 0 Å². The van der Waals surface area contributed by atoms with Crippen molar-refractivity contribution in [2.75, 3.05) is 0 Å². The number of carbonyl (C=O) groups excluding carboxylic acids is 1. The first-order chi connectivity index (χ1) is 14.1. The molecule has 0 aromatic heterocycles.